The quantitative estimate of drug-likeness (QED) is 0.783. The molecule has 1 rings (SSSR count). The molecule has 1 unspecified atom stereocenters. The molecular formula is C14H21BrN2O3. The highest BCUT2D eigenvalue weighted by Crippen LogP contribution is 2.22. The molecular weight excluding hydrogens is 324 g/mol. The van der Waals surface area contributed by atoms with Gasteiger partial charge < -0.3 is 20.9 Å². The molecule has 0 spiro atoms. The second kappa shape index (κ2) is 6.95. The molecule has 0 radical (unpaired) electrons. The maximum Gasteiger partial charge on any atom is 0.407 e. The minimum atomic E-state index is -0.531. The van der Waals surface area contributed by atoms with E-state index < -0.39 is 11.7 Å². The van der Waals surface area contributed by atoms with Crippen LogP contribution in [0, 0.1) is 0 Å². The zero-order valence-electron chi connectivity index (χ0n) is 11.9. The van der Waals surface area contributed by atoms with Gasteiger partial charge in [0, 0.05) is 17.1 Å². The molecule has 112 valence electrons. The Balaban J connectivity index is 2.46. The fourth-order valence-electron chi connectivity index (χ4n) is 1.60. The van der Waals surface area contributed by atoms with E-state index in [1.54, 1.807) is 32.9 Å². The van der Waals surface area contributed by atoms with Crippen LogP contribution >= 0.6 is 15.9 Å². The lowest BCUT2D eigenvalue weighted by Crippen LogP contribution is -2.41. The highest BCUT2D eigenvalue weighted by atomic mass is 79.9. The molecule has 1 aromatic rings. The van der Waals surface area contributed by atoms with Crippen LogP contribution in [0.1, 0.15) is 26.3 Å². The molecule has 1 aromatic carbocycles. The summed E-state index contributed by atoms with van der Waals surface area (Å²) in [6, 6.07) is 4.86. The summed E-state index contributed by atoms with van der Waals surface area (Å²) >= 11 is 3.34. The Morgan fingerprint density at radius 1 is 1.50 bits per heavy atom. The lowest BCUT2D eigenvalue weighted by molar-refractivity contribution is 0.0524. The number of hydrogen-bond acceptors (Lipinski definition) is 4. The first-order chi connectivity index (χ1) is 9.17. The van der Waals surface area contributed by atoms with Crippen LogP contribution in [0.15, 0.2) is 22.7 Å². The molecule has 0 heterocycles. The van der Waals surface area contributed by atoms with Gasteiger partial charge in [0.25, 0.3) is 0 Å². The van der Waals surface area contributed by atoms with Crippen LogP contribution in [-0.2, 0) is 11.2 Å². The van der Waals surface area contributed by atoms with Gasteiger partial charge in [-0.15, -0.1) is 0 Å². The van der Waals surface area contributed by atoms with Gasteiger partial charge in [0.1, 0.15) is 11.4 Å². The van der Waals surface area contributed by atoms with E-state index >= 15 is 0 Å². The predicted molar refractivity (Wildman–Crippen MR) is 81.7 cm³/mol. The molecule has 0 saturated carbocycles. The minimum Gasteiger partial charge on any atom is -0.508 e. The molecule has 0 aliphatic rings. The van der Waals surface area contributed by atoms with Gasteiger partial charge in [-0.3, -0.25) is 0 Å². The van der Waals surface area contributed by atoms with Crippen molar-refractivity contribution in [2.24, 2.45) is 5.73 Å². The van der Waals surface area contributed by atoms with E-state index in [4.69, 9.17) is 10.5 Å². The first kappa shape index (κ1) is 16.8. The van der Waals surface area contributed by atoms with Crippen molar-refractivity contribution < 1.29 is 14.6 Å². The number of amides is 1. The van der Waals surface area contributed by atoms with E-state index in [-0.39, 0.29) is 18.3 Å². The third-order valence-corrected chi connectivity index (χ3v) is 2.92. The SMILES string of the molecule is CC(C)(C)OC(=O)NCC(N)Cc1cc(Br)ccc1O. The number of hydrogen-bond donors (Lipinski definition) is 3. The summed E-state index contributed by atoms with van der Waals surface area (Å²) < 4.78 is 5.99. The van der Waals surface area contributed by atoms with Gasteiger partial charge in [-0.2, -0.15) is 0 Å². The molecule has 1 atom stereocenters. The smallest absolute Gasteiger partial charge is 0.407 e. The van der Waals surface area contributed by atoms with E-state index in [1.807, 2.05) is 6.07 Å². The van der Waals surface area contributed by atoms with E-state index in [2.05, 4.69) is 21.2 Å². The summed E-state index contributed by atoms with van der Waals surface area (Å²) in [7, 11) is 0. The molecule has 0 saturated heterocycles. The Bertz CT molecular complexity index is 472. The number of ether oxygens (including phenoxy) is 1. The summed E-state index contributed by atoms with van der Waals surface area (Å²) in [6.45, 7) is 5.67. The van der Waals surface area contributed by atoms with E-state index in [9.17, 15) is 9.90 Å². The molecule has 0 aliphatic carbocycles. The van der Waals surface area contributed by atoms with Gasteiger partial charge in [-0.1, -0.05) is 15.9 Å². The number of carbonyl (C=O) groups excluding carboxylic acids is 1. The molecule has 4 N–H and O–H groups in total. The van der Waals surface area contributed by atoms with Crippen molar-refractivity contribution in [2.45, 2.75) is 38.8 Å². The zero-order chi connectivity index (χ0) is 15.3. The van der Waals surface area contributed by atoms with Gasteiger partial charge in [-0.05, 0) is 51.0 Å². The fourth-order valence-corrected chi connectivity index (χ4v) is 2.01. The monoisotopic (exact) mass is 344 g/mol. The summed E-state index contributed by atoms with van der Waals surface area (Å²) in [4.78, 5) is 11.5. The van der Waals surface area contributed by atoms with Crippen LogP contribution in [0.3, 0.4) is 0 Å². The number of phenolic OH excluding ortho intramolecular Hbond substituents is 1. The van der Waals surface area contributed by atoms with Crippen molar-refractivity contribution in [1.29, 1.82) is 0 Å². The number of rotatable bonds is 4. The van der Waals surface area contributed by atoms with Gasteiger partial charge in [0.15, 0.2) is 0 Å². The van der Waals surface area contributed by atoms with Crippen molar-refractivity contribution in [3.05, 3.63) is 28.2 Å². The second-order valence-corrected chi connectivity index (χ2v) is 6.54. The van der Waals surface area contributed by atoms with Gasteiger partial charge in [0.2, 0.25) is 0 Å². The lowest BCUT2D eigenvalue weighted by atomic mass is 10.1. The van der Waals surface area contributed by atoms with Crippen LogP contribution in [0.25, 0.3) is 0 Å². The van der Waals surface area contributed by atoms with E-state index in [1.165, 1.54) is 0 Å². The lowest BCUT2D eigenvalue weighted by Gasteiger charge is -2.21. The molecule has 0 bridgehead atoms. The highest BCUT2D eigenvalue weighted by molar-refractivity contribution is 9.10. The highest BCUT2D eigenvalue weighted by Gasteiger charge is 2.17. The predicted octanol–water partition coefficient (Wildman–Crippen LogP) is 2.55. The molecule has 5 nitrogen and oxygen atoms in total. The van der Waals surface area contributed by atoms with Crippen molar-refractivity contribution in [3.8, 4) is 5.75 Å². The molecule has 1 amide bonds. The fraction of sp³-hybridized carbons (Fsp3) is 0.500. The average Bonchev–Trinajstić information content (AvgIpc) is 2.29. The van der Waals surface area contributed by atoms with Gasteiger partial charge in [-0.25, -0.2) is 4.79 Å². The maximum atomic E-state index is 11.5. The third kappa shape index (κ3) is 6.25. The number of halogens is 1. The maximum absolute atomic E-state index is 11.5. The topological polar surface area (TPSA) is 84.6 Å². The number of aromatic hydroxyl groups is 1. The summed E-state index contributed by atoms with van der Waals surface area (Å²) in [5.41, 5.74) is 6.14. The normalized spacial score (nSPS) is 12.8. The van der Waals surface area contributed by atoms with Crippen LogP contribution in [0.4, 0.5) is 4.79 Å². The summed E-state index contributed by atoms with van der Waals surface area (Å²) in [5.74, 6) is 0.195. The van der Waals surface area contributed by atoms with Crippen molar-refractivity contribution in [3.63, 3.8) is 0 Å². The number of nitrogens with two attached hydrogens (primary N) is 1. The first-order valence-electron chi connectivity index (χ1n) is 6.37. The third-order valence-electron chi connectivity index (χ3n) is 2.43. The Morgan fingerprint density at radius 2 is 2.15 bits per heavy atom. The summed E-state index contributed by atoms with van der Waals surface area (Å²) in [5, 5.41) is 12.3. The number of phenols is 1. The Labute approximate surface area is 127 Å². The largest absolute Gasteiger partial charge is 0.508 e. The van der Waals surface area contributed by atoms with E-state index in [0.717, 1.165) is 10.0 Å². The van der Waals surface area contributed by atoms with Crippen LogP contribution in [-0.4, -0.2) is 29.4 Å². The van der Waals surface area contributed by atoms with Crippen molar-refractivity contribution in [1.82, 2.24) is 5.32 Å². The van der Waals surface area contributed by atoms with Crippen LogP contribution in [0.5, 0.6) is 5.75 Å². The standard InChI is InChI=1S/C14H21BrN2O3/c1-14(2,3)20-13(19)17-8-11(16)7-9-6-10(15)4-5-12(9)18/h4-6,11,18H,7-8,16H2,1-3H3,(H,17,19). The Kier molecular flexibility index (Phi) is 5.83. The molecule has 0 aliphatic heterocycles. The number of alkyl carbamates (subject to hydrolysis) is 1. The minimum absolute atomic E-state index is 0.195. The van der Waals surface area contributed by atoms with E-state index in [0.29, 0.717) is 6.42 Å². The van der Waals surface area contributed by atoms with Crippen LogP contribution < -0.4 is 11.1 Å². The molecule has 20 heavy (non-hydrogen) atoms. The number of nitrogens with one attached hydrogen (secondary N) is 1. The van der Waals surface area contributed by atoms with Gasteiger partial charge in [0.05, 0.1) is 0 Å². The van der Waals surface area contributed by atoms with Crippen molar-refractivity contribution >= 4 is 22.0 Å². The van der Waals surface area contributed by atoms with Crippen LogP contribution in [0.2, 0.25) is 0 Å². The Hall–Kier alpha value is -1.27. The second-order valence-electron chi connectivity index (χ2n) is 5.62. The van der Waals surface area contributed by atoms with Gasteiger partial charge >= 0.3 is 6.09 Å². The molecule has 0 fully saturated rings. The molecule has 6 heteroatoms. The zero-order valence-corrected chi connectivity index (χ0v) is 13.5. The molecule has 0 aromatic heterocycles. The average molecular weight is 345 g/mol. The Morgan fingerprint density at radius 3 is 2.75 bits per heavy atom. The number of carbonyl (C=O) groups is 1. The van der Waals surface area contributed by atoms with Crippen molar-refractivity contribution in [2.75, 3.05) is 6.54 Å². The first-order valence-corrected chi connectivity index (χ1v) is 7.16. The summed E-state index contributed by atoms with van der Waals surface area (Å²) in [6.07, 6.45) is -0.0347. The number of benzene rings is 1.